The van der Waals surface area contributed by atoms with Gasteiger partial charge in [0.25, 0.3) is 11.6 Å². The molecule has 5 rings (SSSR count). The molecule has 2 aromatic carbocycles. The fourth-order valence-corrected chi connectivity index (χ4v) is 6.05. The number of non-ortho nitro benzene ring substituents is 1. The monoisotopic (exact) mass is 489 g/mol. The Hall–Kier alpha value is -3.52. The first-order valence-corrected chi connectivity index (χ1v) is 12.7. The van der Waals surface area contributed by atoms with Crippen molar-refractivity contribution in [3.05, 3.63) is 87.5 Å². The molecule has 0 radical (unpaired) electrons. The third-order valence-corrected chi connectivity index (χ3v) is 7.78. The third kappa shape index (κ3) is 4.98. The van der Waals surface area contributed by atoms with E-state index in [1.54, 1.807) is 30.3 Å². The molecule has 2 aliphatic rings. The number of carbonyl (C=O) groups is 1. The number of nitro groups is 1. The van der Waals surface area contributed by atoms with Crippen LogP contribution in [-0.2, 0) is 4.79 Å². The Labute approximate surface area is 208 Å². The van der Waals surface area contributed by atoms with Gasteiger partial charge in [0.1, 0.15) is 11.5 Å². The highest BCUT2D eigenvalue weighted by molar-refractivity contribution is 8.05. The molecular weight excluding hydrogens is 462 g/mol. The van der Waals surface area contributed by atoms with Crippen LogP contribution in [0.2, 0.25) is 0 Å². The van der Waals surface area contributed by atoms with E-state index in [9.17, 15) is 14.9 Å². The average molecular weight is 490 g/mol. The van der Waals surface area contributed by atoms with Gasteiger partial charge in [-0.1, -0.05) is 61.9 Å². The number of furan rings is 1. The number of rotatable bonds is 6. The highest BCUT2D eigenvalue weighted by atomic mass is 32.2. The molecule has 1 aliphatic carbocycles. The number of nitrogens with one attached hydrogen (secondary N) is 1. The van der Waals surface area contributed by atoms with Crippen LogP contribution in [0.1, 0.15) is 38.4 Å². The summed E-state index contributed by atoms with van der Waals surface area (Å²) in [5, 5.41) is 14.7. The Morgan fingerprint density at radius 3 is 2.66 bits per heavy atom. The van der Waals surface area contributed by atoms with Crippen LogP contribution in [0.4, 0.5) is 11.4 Å². The first-order chi connectivity index (χ1) is 17.0. The van der Waals surface area contributed by atoms with Gasteiger partial charge in [-0.3, -0.25) is 14.9 Å². The number of para-hydroxylation sites is 1. The van der Waals surface area contributed by atoms with E-state index in [1.807, 2.05) is 35.2 Å². The highest BCUT2D eigenvalue weighted by Gasteiger charge is 2.43. The van der Waals surface area contributed by atoms with E-state index in [2.05, 4.69) is 12.2 Å². The quantitative estimate of drug-likeness (QED) is 0.234. The van der Waals surface area contributed by atoms with Crippen molar-refractivity contribution in [2.45, 2.75) is 44.1 Å². The van der Waals surface area contributed by atoms with E-state index < -0.39 is 4.92 Å². The number of hydrogen-bond donors (Lipinski definition) is 1. The number of benzene rings is 2. The maximum absolute atomic E-state index is 13.6. The lowest BCUT2D eigenvalue weighted by Gasteiger charge is -2.39. The predicted molar refractivity (Wildman–Crippen MR) is 138 cm³/mol. The summed E-state index contributed by atoms with van der Waals surface area (Å²) in [4.78, 5) is 27.0. The fraction of sp³-hybridized carbons (Fsp3) is 0.296. The highest BCUT2D eigenvalue weighted by Crippen LogP contribution is 2.42. The van der Waals surface area contributed by atoms with Crippen molar-refractivity contribution >= 4 is 35.1 Å². The van der Waals surface area contributed by atoms with Crippen LogP contribution < -0.4 is 5.32 Å². The molecule has 0 bridgehead atoms. The number of nitro benzene ring substituents is 1. The summed E-state index contributed by atoms with van der Waals surface area (Å²) >= 11 is 1.50. The third-order valence-electron chi connectivity index (χ3n) is 6.67. The van der Waals surface area contributed by atoms with Gasteiger partial charge in [0.15, 0.2) is 5.50 Å². The van der Waals surface area contributed by atoms with Gasteiger partial charge in [-0.05, 0) is 43.0 Å². The lowest BCUT2D eigenvalue weighted by molar-refractivity contribution is -0.384. The Balaban J connectivity index is 1.42. The minimum atomic E-state index is -0.427. The Morgan fingerprint density at radius 1 is 1.09 bits per heavy atom. The zero-order valence-corrected chi connectivity index (χ0v) is 20.2. The lowest BCUT2D eigenvalue weighted by atomic mass is 9.85. The minimum Gasteiger partial charge on any atom is -0.457 e. The van der Waals surface area contributed by atoms with Gasteiger partial charge in [0.2, 0.25) is 0 Å². The molecule has 1 aliphatic heterocycles. The number of hydrogen-bond acceptors (Lipinski definition) is 6. The average Bonchev–Trinajstić information content (AvgIpc) is 3.45. The maximum atomic E-state index is 13.6. The summed E-state index contributed by atoms with van der Waals surface area (Å²) in [5.74, 6) is 1.51. The fourth-order valence-electron chi connectivity index (χ4n) is 4.85. The summed E-state index contributed by atoms with van der Waals surface area (Å²) in [5.41, 5.74) is 1.40. The van der Waals surface area contributed by atoms with E-state index >= 15 is 0 Å². The molecule has 1 amide bonds. The standard InChI is InChI=1S/C27H27N3O4S/c1-18-8-5-6-13-23(18)29-26(31)25(35-27(29)28-20-10-3-2-4-11-20)17-22-14-15-24(34-22)19-9-7-12-21(16-19)30(32)33/h2-4,7,9-12,14-18,23,27-28H,5-6,8,13H2,1H3/b25-17-/t18-,23-,27?/m1/s1. The molecule has 8 heteroatoms. The van der Waals surface area contributed by atoms with Crippen LogP contribution >= 0.6 is 11.8 Å². The Morgan fingerprint density at radius 2 is 1.89 bits per heavy atom. The van der Waals surface area contributed by atoms with Crippen molar-refractivity contribution in [2.75, 3.05) is 5.32 Å². The molecule has 7 nitrogen and oxygen atoms in total. The zero-order chi connectivity index (χ0) is 24.4. The van der Waals surface area contributed by atoms with Crippen LogP contribution in [0.15, 0.2) is 76.1 Å². The van der Waals surface area contributed by atoms with Gasteiger partial charge in [-0.2, -0.15) is 0 Å². The number of thioether (sulfide) groups is 1. The Bertz CT molecular complexity index is 1260. The second-order valence-electron chi connectivity index (χ2n) is 9.04. The summed E-state index contributed by atoms with van der Waals surface area (Å²) in [6.07, 6.45) is 6.25. The molecule has 3 atom stereocenters. The summed E-state index contributed by atoms with van der Waals surface area (Å²) in [7, 11) is 0. The topological polar surface area (TPSA) is 88.6 Å². The molecule has 35 heavy (non-hydrogen) atoms. The molecule has 1 unspecified atom stereocenters. The summed E-state index contributed by atoms with van der Waals surface area (Å²) in [6.45, 7) is 2.24. The van der Waals surface area contributed by atoms with Crippen molar-refractivity contribution in [1.82, 2.24) is 4.90 Å². The second kappa shape index (κ2) is 10.00. The van der Waals surface area contributed by atoms with E-state index in [4.69, 9.17) is 4.42 Å². The minimum absolute atomic E-state index is 0.00685. The van der Waals surface area contributed by atoms with E-state index in [1.165, 1.54) is 30.3 Å². The first kappa shape index (κ1) is 23.2. The lowest BCUT2D eigenvalue weighted by Crippen LogP contribution is -2.48. The van der Waals surface area contributed by atoms with Crippen LogP contribution in [0.25, 0.3) is 17.4 Å². The van der Waals surface area contributed by atoms with Crippen molar-refractivity contribution in [1.29, 1.82) is 0 Å². The molecule has 1 aromatic heterocycles. The summed E-state index contributed by atoms with van der Waals surface area (Å²) < 4.78 is 5.97. The van der Waals surface area contributed by atoms with Gasteiger partial charge >= 0.3 is 0 Å². The molecule has 1 saturated carbocycles. The Kier molecular flexibility index (Phi) is 6.63. The van der Waals surface area contributed by atoms with Gasteiger partial charge in [0, 0.05) is 35.5 Å². The van der Waals surface area contributed by atoms with Crippen LogP contribution in [0.3, 0.4) is 0 Å². The number of anilines is 1. The van der Waals surface area contributed by atoms with Gasteiger partial charge in [-0.25, -0.2) is 0 Å². The zero-order valence-electron chi connectivity index (χ0n) is 19.4. The predicted octanol–water partition coefficient (Wildman–Crippen LogP) is 6.75. The smallest absolute Gasteiger partial charge is 0.270 e. The molecular formula is C27H27N3O4S. The van der Waals surface area contributed by atoms with Crippen molar-refractivity contribution in [3.8, 4) is 11.3 Å². The largest absolute Gasteiger partial charge is 0.457 e. The van der Waals surface area contributed by atoms with Crippen LogP contribution in [-0.4, -0.2) is 27.3 Å². The van der Waals surface area contributed by atoms with Crippen molar-refractivity contribution < 1.29 is 14.1 Å². The molecule has 180 valence electrons. The first-order valence-electron chi connectivity index (χ1n) is 11.9. The molecule has 1 saturated heterocycles. The maximum Gasteiger partial charge on any atom is 0.270 e. The van der Waals surface area contributed by atoms with E-state index in [0.29, 0.717) is 27.9 Å². The number of carbonyl (C=O) groups excluding carboxylic acids is 1. The normalized spacial score (nSPS) is 23.6. The van der Waals surface area contributed by atoms with Gasteiger partial charge in [-0.15, -0.1) is 0 Å². The van der Waals surface area contributed by atoms with Crippen molar-refractivity contribution in [2.24, 2.45) is 5.92 Å². The summed E-state index contributed by atoms with van der Waals surface area (Å²) in [6, 6.07) is 20.0. The molecule has 1 N–H and O–H groups in total. The molecule has 0 spiro atoms. The molecule has 2 fully saturated rings. The SMILES string of the molecule is C[C@@H]1CCCC[C@H]1N1C(=O)/C(=C/c2ccc(-c3cccc([N+](=O)[O-])c3)o2)SC1Nc1ccccc1. The van der Waals surface area contributed by atoms with E-state index in [-0.39, 0.29) is 23.1 Å². The van der Waals surface area contributed by atoms with Crippen molar-refractivity contribution in [3.63, 3.8) is 0 Å². The molecule has 2 heterocycles. The van der Waals surface area contributed by atoms with Gasteiger partial charge < -0.3 is 14.6 Å². The number of nitrogens with zero attached hydrogens (tertiary/aromatic N) is 2. The van der Waals surface area contributed by atoms with Crippen LogP contribution in [0.5, 0.6) is 0 Å². The van der Waals surface area contributed by atoms with E-state index in [0.717, 1.165) is 24.9 Å². The second-order valence-corrected chi connectivity index (χ2v) is 10.2. The number of amides is 1. The van der Waals surface area contributed by atoms with Crippen LogP contribution in [0, 0.1) is 16.0 Å². The molecule has 3 aromatic rings. The van der Waals surface area contributed by atoms with Gasteiger partial charge in [0.05, 0.1) is 9.83 Å².